The van der Waals surface area contributed by atoms with Crippen molar-refractivity contribution in [3.05, 3.63) is 65.7 Å². The van der Waals surface area contributed by atoms with Gasteiger partial charge in [-0.3, -0.25) is 9.88 Å². The predicted molar refractivity (Wildman–Crippen MR) is 81.1 cm³/mol. The van der Waals surface area contributed by atoms with Gasteiger partial charge in [0.2, 0.25) is 0 Å². The highest BCUT2D eigenvalue weighted by Crippen LogP contribution is 2.38. The second kappa shape index (κ2) is 6.33. The summed E-state index contributed by atoms with van der Waals surface area (Å²) in [4.78, 5) is 6.40. The molecule has 2 atom stereocenters. The lowest BCUT2D eigenvalue weighted by Gasteiger charge is -2.33. The molecule has 2 unspecified atom stereocenters. The van der Waals surface area contributed by atoms with Crippen LogP contribution in [-0.4, -0.2) is 23.0 Å². The Labute approximate surface area is 124 Å². The van der Waals surface area contributed by atoms with Crippen LogP contribution < -0.4 is 5.73 Å². The summed E-state index contributed by atoms with van der Waals surface area (Å²) in [6.45, 7) is 1.37. The second-order valence-corrected chi connectivity index (χ2v) is 5.45. The minimum absolute atomic E-state index is 0.0770. The van der Waals surface area contributed by atoms with Crippen molar-refractivity contribution in [2.75, 3.05) is 13.1 Å². The van der Waals surface area contributed by atoms with Crippen LogP contribution in [0.3, 0.4) is 0 Å². The van der Waals surface area contributed by atoms with Gasteiger partial charge in [-0.2, -0.15) is 0 Å². The van der Waals surface area contributed by atoms with Crippen LogP contribution in [0.2, 0.25) is 0 Å². The van der Waals surface area contributed by atoms with E-state index < -0.39 is 0 Å². The highest BCUT2D eigenvalue weighted by atomic mass is 19.1. The number of nitrogens with two attached hydrogens (primary N) is 1. The molecular formula is C17H20FN3. The third-order valence-electron chi connectivity index (χ3n) is 4.27. The average molecular weight is 285 g/mol. The van der Waals surface area contributed by atoms with Gasteiger partial charge in [-0.25, -0.2) is 4.39 Å². The molecule has 3 rings (SSSR count). The number of aromatic nitrogens is 1. The number of nitrogens with zero attached hydrogens (tertiary/aromatic N) is 2. The SMILES string of the molecule is NCC(c1ccccc1F)N1CCCC1c1ccncc1. The van der Waals surface area contributed by atoms with E-state index in [1.54, 1.807) is 6.07 Å². The van der Waals surface area contributed by atoms with Gasteiger partial charge in [-0.1, -0.05) is 18.2 Å². The highest BCUT2D eigenvalue weighted by molar-refractivity contribution is 5.24. The standard InChI is InChI=1S/C17H20FN3/c18-15-5-2-1-4-14(15)17(12-19)21-11-3-6-16(21)13-7-9-20-10-8-13/h1-2,4-5,7-10,16-17H,3,6,11-12,19H2. The lowest BCUT2D eigenvalue weighted by atomic mass is 10.0. The fourth-order valence-electron chi connectivity index (χ4n) is 3.29. The first kappa shape index (κ1) is 14.2. The van der Waals surface area contributed by atoms with E-state index >= 15 is 0 Å². The van der Waals surface area contributed by atoms with E-state index in [1.807, 2.05) is 36.7 Å². The van der Waals surface area contributed by atoms with E-state index in [4.69, 9.17) is 5.73 Å². The predicted octanol–water partition coefficient (Wildman–Crippen LogP) is 3.06. The zero-order chi connectivity index (χ0) is 14.7. The van der Waals surface area contributed by atoms with E-state index in [-0.39, 0.29) is 11.9 Å². The van der Waals surface area contributed by atoms with Crippen molar-refractivity contribution in [3.8, 4) is 0 Å². The van der Waals surface area contributed by atoms with Crippen LogP contribution in [-0.2, 0) is 0 Å². The Morgan fingerprint density at radius 3 is 2.71 bits per heavy atom. The third kappa shape index (κ3) is 2.82. The van der Waals surface area contributed by atoms with Crippen molar-refractivity contribution in [2.24, 2.45) is 5.73 Å². The van der Waals surface area contributed by atoms with Crippen LogP contribution in [0.4, 0.5) is 4.39 Å². The van der Waals surface area contributed by atoms with Crippen LogP contribution in [0, 0.1) is 5.82 Å². The third-order valence-corrected chi connectivity index (χ3v) is 4.27. The number of likely N-dealkylation sites (tertiary alicyclic amines) is 1. The Kier molecular flexibility index (Phi) is 4.27. The fraction of sp³-hybridized carbons (Fsp3) is 0.353. The van der Waals surface area contributed by atoms with Gasteiger partial charge in [-0.15, -0.1) is 0 Å². The van der Waals surface area contributed by atoms with Gasteiger partial charge in [0.25, 0.3) is 0 Å². The van der Waals surface area contributed by atoms with E-state index in [0.29, 0.717) is 18.2 Å². The molecule has 0 saturated carbocycles. The van der Waals surface area contributed by atoms with Gasteiger partial charge in [0.05, 0.1) is 6.04 Å². The molecule has 110 valence electrons. The number of halogens is 1. The molecule has 2 N–H and O–H groups in total. The molecule has 0 bridgehead atoms. The molecule has 1 aromatic carbocycles. The summed E-state index contributed by atoms with van der Waals surface area (Å²) in [6, 6.07) is 11.2. The monoisotopic (exact) mass is 285 g/mol. The summed E-state index contributed by atoms with van der Waals surface area (Å²) < 4.78 is 14.1. The summed E-state index contributed by atoms with van der Waals surface area (Å²) in [7, 11) is 0. The zero-order valence-corrected chi connectivity index (χ0v) is 12.0. The Hall–Kier alpha value is -1.78. The molecule has 1 fully saturated rings. The lowest BCUT2D eigenvalue weighted by Crippen LogP contribution is -2.34. The van der Waals surface area contributed by atoms with Crippen molar-refractivity contribution in [3.63, 3.8) is 0 Å². The number of rotatable bonds is 4. The zero-order valence-electron chi connectivity index (χ0n) is 12.0. The summed E-state index contributed by atoms with van der Waals surface area (Å²) in [5.41, 5.74) is 7.90. The number of hydrogen-bond acceptors (Lipinski definition) is 3. The van der Waals surface area contributed by atoms with Crippen LogP contribution in [0.25, 0.3) is 0 Å². The smallest absolute Gasteiger partial charge is 0.128 e. The maximum absolute atomic E-state index is 14.1. The van der Waals surface area contributed by atoms with Crippen molar-refractivity contribution >= 4 is 0 Å². The topological polar surface area (TPSA) is 42.1 Å². The van der Waals surface area contributed by atoms with E-state index in [2.05, 4.69) is 9.88 Å². The molecule has 0 aliphatic carbocycles. The molecule has 1 aromatic heterocycles. The average Bonchev–Trinajstić information content (AvgIpc) is 3.00. The van der Waals surface area contributed by atoms with Crippen LogP contribution in [0.15, 0.2) is 48.8 Å². The van der Waals surface area contributed by atoms with Crippen molar-refractivity contribution < 1.29 is 4.39 Å². The van der Waals surface area contributed by atoms with Crippen LogP contribution in [0.1, 0.15) is 36.1 Å². The first-order valence-corrected chi connectivity index (χ1v) is 7.41. The van der Waals surface area contributed by atoms with E-state index in [1.165, 1.54) is 11.6 Å². The van der Waals surface area contributed by atoms with Gasteiger partial charge in [0.1, 0.15) is 5.82 Å². The molecule has 1 aliphatic heterocycles. The molecule has 2 heterocycles. The van der Waals surface area contributed by atoms with Crippen LogP contribution >= 0.6 is 0 Å². The summed E-state index contributed by atoms with van der Waals surface area (Å²) >= 11 is 0. The largest absolute Gasteiger partial charge is 0.329 e. The summed E-state index contributed by atoms with van der Waals surface area (Å²) in [5, 5.41) is 0. The minimum Gasteiger partial charge on any atom is -0.329 e. The van der Waals surface area contributed by atoms with Crippen molar-refractivity contribution in [2.45, 2.75) is 24.9 Å². The Morgan fingerprint density at radius 1 is 1.24 bits per heavy atom. The Balaban J connectivity index is 1.91. The molecular weight excluding hydrogens is 265 g/mol. The maximum Gasteiger partial charge on any atom is 0.128 e. The molecule has 1 saturated heterocycles. The van der Waals surface area contributed by atoms with Gasteiger partial charge in [-0.05, 0) is 43.1 Å². The fourth-order valence-corrected chi connectivity index (χ4v) is 3.29. The maximum atomic E-state index is 14.1. The molecule has 4 heteroatoms. The van der Waals surface area contributed by atoms with Gasteiger partial charge in [0.15, 0.2) is 0 Å². The molecule has 0 spiro atoms. The molecule has 1 aliphatic rings. The highest BCUT2D eigenvalue weighted by Gasteiger charge is 2.32. The second-order valence-electron chi connectivity index (χ2n) is 5.45. The van der Waals surface area contributed by atoms with E-state index in [0.717, 1.165) is 19.4 Å². The summed E-state index contributed by atoms with van der Waals surface area (Å²) in [5.74, 6) is -0.173. The van der Waals surface area contributed by atoms with Gasteiger partial charge in [0, 0.05) is 30.5 Å². The Morgan fingerprint density at radius 2 is 2.00 bits per heavy atom. The number of pyridine rings is 1. The van der Waals surface area contributed by atoms with Gasteiger partial charge >= 0.3 is 0 Å². The number of benzene rings is 1. The molecule has 0 radical (unpaired) electrons. The number of hydrogen-bond donors (Lipinski definition) is 1. The first-order chi connectivity index (χ1) is 10.3. The first-order valence-electron chi connectivity index (χ1n) is 7.41. The molecule has 2 aromatic rings. The van der Waals surface area contributed by atoms with Gasteiger partial charge < -0.3 is 5.73 Å². The quantitative estimate of drug-likeness (QED) is 0.938. The Bertz CT molecular complexity index is 588. The molecule has 21 heavy (non-hydrogen) atoms. The van der Waals surface area contributed by atoms with Crippen molar-refractivity contribution in [1.82, 2.24) is 9.88 Å². The van der Waals surface area contributed by atoms with E-state index in [9.17, 15) is 4.39 Å². The molecule has 3 nitrogen and oxygen atoms in total. The summed E-state index contributed by atoms with van der Waals surface area (Å²) in [6.07, 6.45) is 5.81. The molecule has 0 amide bonds. The van der Waals surface area contributed by atoms with Crippen molar-refractivity contribution in [1.29, 1.82) is 0 Å². The minimum atomic E-state index is -0.173. The van der Waals surface area contributed by atoms with Crippen LogP contribution in [0.5, 0.6) is 0 Å². The lowest BCUT2D eigenvalue weighted by molar-refractivity contribution is 0.182. The normalized spacial score (nSPS) is 20.6.